The van der Waals surface area contributed by atoms with E-state index in [4.69, 9.17) is 21.3 Å². The second-order valence-electron chi connectivity index (χ2n) is 9.90. The van der Waals surface area contributed by atoms with Crippen LogP contribution in [0.1, 0.15) is 36.6 Å². The molecule has 0 saturated carbocycles. The van der Waals surface area contributed by atoms with Gasteiger partial charge in [-0.15, -0.1) is 11.8 Å². The van der Waals surface area contributed by atoms with Crippen LogP contribution in [-0.4, -0.2) is 28.0 Å². The van der Waals surface area contributed by atoms with E-state index in [9.17, 15) is 9.59 Å². The molecule has 0 unspecified atom stereocenters. The first-order valence-electron chi connectivity index (χ1n) is 13.5. The highest BCUT2D eigenvalue weighted by Crippen LogP contribution is 2.32. The van der Waals surface area contributed by atoms with E-state index in [0.717, 1.165) is 32.5 Å². The van der Waals surface area contributed by atoms with Crippen LogP contribution in [-0.2, 0) is 16.1 Å². The molecule has 1 aliphatic rings. The Labute approximate surface area is 256 Å². The third-order valence-electron chi connectivity index (χ3n) is 7.35. The summed E-state index contributed by atoms with van der Waals surface area (Å²) >= 11 is 9.44. The fourth-order valence-electron chi connectivity index (χ4n) is 5.37. The zero-order valence-corrected chi connectivity index (χ0v) is 25.7. The summed E-state index contributed by atoms with van der Waals surface area (Å²) in [6.45, 7) is 4.41. The van der Waals surface area contributed by atoms with Gasteiger partial charge in [0.25, 0.3) is 5.56 Å². The van der Waals surface area contributed by atoms with Crippen LogP contribution in [0, 0.1) is 0 Å². The molecule has 0 fully saturated rings. The highest BCUT2D eigenvalue weighted by molar-refractivity contribution is 7.98. The summed E-state index contributed by atoms with van der Waals surface area (Å²) in [4.78, 5) is 33.7. The number of carbonyl (C=O) groups is 1. The minimum absolute atomic E-state index is 0.199. The smallest absolute Gasteiger partial charge is 0.338 e. The molecular weight excluding hydrogens is 586 g/mol. The number of para-hydroxylation sites is 1. The first kappa shape index (κ1) is 28.3. The lowest BCUT2D eigenvalue weighted by Crippen LogP contribution is -2.39. The molecule has 5 aromatic rings. The number of hydrogen-bond acceptors (Lipinski definition) is 6. The Hall–Kier alpha value is -3.85. The highest BCUT2D eigenvalue weighted by atomic mass is 35.5. The van der Waals surface area contributed by atoms with Crippen LogP contribution in [0.15, 0.2) is 105 Å². The monoisotopic (exact) mass is 613 g/mol. The average molecular weight is 614 g/mol. The Kier molecular flexibility index (Phi) is 7.94. The normalized spacial score (nSPS) is 15.1. The standard InChI is InChI=1S/C33H28ClN3O3S2/c1-4-40-32(39)29-20(2)35-33-37(30(29)21-13-15-24(41-3)16-14-21)31(38)28(42-33)17-23-19-36(27-12-8-6-10-25(23)27)18-22-9-5-7-11-26(22)34/h5-17,19,30H,4,18H2,1-3H3/b28-17-/t30-/m0/s1. The molecule has 0 N–H and O–H groups in total. The van der Waals surface area contributed by atoms with E-state index in [2.05, 4.69) is 22.9 Å². The van der Waals surface area contributed by atoms with Gasteiger partial charge < -0.3 is 9.30 Å². The van der Waals surface area contributed by atoms with Crippen molar-refractivity contribution in [2.24, 2.45) is 4.99 Å². The number of ether oxygens (including phenoxy) is 1. The topological polar surface area (TPSA) is 65.6 Å². The van der Waals surface area contributed by atoms with Crippen molar-refractivity contribution >= 4 is 57.6 Å². The summed E-state index contributed by atoms with van der Waals surface area (Å²) in [6, 6.07) is 23.2. The quantitative estimate of drug-likeness (QED) is 0.163. The van der Waals surface area contributed by atoms with Crippen molar-refractivity contribution in [3.05, 3.63) is 132 Å². The van der Waals surface area contributed by atoms with Crippen molar-refractivity contribution in [1.82, 2.24) is 9.13 Å². The van der Waals surface area contributed by atoms with Crippen molar-refractivity contribution in [2.45, 2.75) is 31.3 Å². The van der Waals surface area contributed by atoms with Gasteiger partial charge in [0, 0.05) is 39.1 Å². The SMILES string of the molecule is CCOC(=O)C1=C(C)N=c2s/c(=C\c3cn(Cc4ccccc4Cl)c4ccccc34)c(=O)n2[C@H]1c1ccc(SC)cc1. The van der Waals surface area contributed by atoms with E-state index in [0.29, 0.717) is 32.2 Å². The lowest BCUT2D eigenvalue weighted by molar-refractivity contribution is -0.139. The van der Waals surface area contributed by atoms with Gasteiger partial charge in [0.15, 0.2) is 4.80 Å². The fraction of sp³-hybridized carbons (Fsp3) is 0.182. The maximum absolute atomic E-state index is 14.1. The average Bonchev–Trinajstić information content (AvgIpc) is 3.50. The third kappa shape index (κ3) is 5.15. The molecule has 212 valence electrons. The number of aromatic nitrogens is 2. The molecule has 1 aliphatic heterocycles. The number of halogens is 1. The molecule has 3 aromatic carbocycles. The number of thioether (sulfide) groups is 1. The Morgan fingerprint density at radius 2 is 1.83 bits per heavy atom. The molecule has 9 heteroatoms. The number of nitrogens with zero attached hydrogens (tertiary/aromatic N) is 3. The molecule has 0 bridgehead atoms. The molecule has 6 nitrogen and oxygen atoms in total. The maximum atomic E-state index is 14.1. The number of hydrogen-bond donors (Lipinski definition) is 0. The van der Waals surface area contributed by atoms with Gasteiger partial charge in [0.1, 0.15) is 0 Å². The lowest BCUT2D eigenvalue weighted by Gasteiger charge is -2.24. The van der Waals surface area contributed by atoms with Crippen LogP contribution in [0.5, 0.6) is 0 Å². The molecule has 0 spiro atoms. The minimum Gasteiger partial charge on any atom is -0.463 e. The molecule has 0 radical (unpaired) electrons. The molecule has 3 heterocycles. The lowest BCUT2D eigenvalue weighted by atomic mass is 9.96. The Morgan fingerprint density at radius 1 is 1.10 bits per heavy atom. The minimum atomic E-state index is -0.639. The first-order valence-corrected chi connectivity index (χ1v) is 16.0. The number of allylic oxidation sites excluding steroid dienone is 1. The van der Waals surface area contributed by atoms with Crippen LogP contribution in [0.2, 0.25) is 5.02 Å². The van der Waals surface area contributed by atoms with E-state index < -0.39 is 12.0 Å². The molecule has 6 rings (SSSR count). The first-order chi connectivity index (χ1) is 20.4. The molecule has 2 aromatic heterocycles. The van der Waals surface area contributed by atoms with Crippen LogP contribution in [0.25, 0.3) is 17.0 Å². The number of fused-ring (bicyclic) bond motifs is 2. The summed E-state index contributed by atoms with van der Waals surface area (Å²) in [6.07, 6.45) is 5.99. The third-order valence-corrected chi connectivity index (χ3v) is 9.45. The Morgan fingerprint density at radius 3 is 2.57 bits per heavy atom. The molecule has 42 heavy (non-hydrogen) atoms. The van der Waals surface area contributed by atoms with Crippen molar-refractivity contribution in [1.29, 1.82) is 0 Å². The maximum Gasteiger partial charge on any atom is 0.338 e. The zero-order valence-electron chi connectivity index (χ0n) is 23.3. The van der Waals surface area contributed by atoms with Crippen molar-refractivity contribution in [2.75, 3.05) is 12.9 Å². The second kappa shape index (κ2) is 11.8. The van der Waals surface area contributed by atoms with Gasteiger partial charge in [-0.25, -0.2) is 9.79 Å². The largest absolute Gasteiger partial charge is 0.463 e. The summed E-state index contributed by atoms with van der Waals surface area (Å²) in [5.41, 5.74) is 4.54. The van der Waals surface area contributed by atoms with Gasteiger partial charge in [0.2, 0.25) is 0 Å². The number of rotatable bonds is 7. The number of thiazole rings is 1. The van der Waals surface area contributed by atoms with Crippen LogP contribution in [0.4, 0.5) is 0 Å². The van der Waals surface area contributed by atoms with Crippen molar-refractivity contribution < 1.29 is 9.53 Å². The van der Waals surface area contributed by atoms with E-state index >= 15 is 0 Å². The van der Waals surface area contributed by atoms with E-state index in [1.54, 1.807) is 30.2 Å². The highest BCUT2D eigenvalue weighted by Gasteiger charge is 2.33. The summed E-state index contributed by atoms with van der Waals surface area (Å²) in [5, 5.41) is 1.74. The Balaban J connectivity index is 1.51. The predicted molar refractivity (Wildman–Crippen MR) is 171 cm³/mol. The summed E-state index contributed by atoms with van der Waals surface area (Å²) in [7, 11) is 0. The van der Waals surface area contributed by atoms with Gasteiger partial charge in [-0.3, -0.25) is 9.36 Å². The van der Waals surface area contributed by atoms with Gasteiger partial charge in [-0.05, 0) is 61.6 Å². The predicted octanol–water partition coefficient (Wildman–Crippen LogP) is 6.18. The van der Waals surface area contributed by atoms with E-state index in [1.807, 2.05) is 73.0 Å². The van der Waals surface area contributed by atoms with Crippen molar-refractivity contribution in [3.8, 4) is 0 Å². The van der Waals surface area contributed by atoms with Gasteiger partial charge in [-0.2, -0.15) is 0 Å². The van der Waals surface area contributed by atoms with Gasteiger partial charge >= 0.3 is 5.97 Å². The van der Waals surface area contributed by atoms with Crippen molar-refractivity contribution in [3.63, 3.8) is 0 Å². The summed E-state index contributed by atoms with van der Waals surface area (Å²) < 4.78 is 9.74. The molecule has 0 aliphatic carbocycles. The van der Waals surface area contributed by atoms with Gasteiger partial charge in [-0.1, -0.05) is 71.5 Å². The van der Waals surface area contributed by atoms with Crippen LogP contribution >= 0.6 is 34.7 Å². The second-order valence-corrected chi connectivity index (χ2v) is 12.2. The number of esters is 1. The number of benzene rings is 3. The van der Waals surface area contributed by atoms with E-state index in [1.165, 1.54) is 11.3 Å². The number of carbonyl (C=O) groups excluding carboxylic acids is 1. The molecule has 1 atom stereocenters. The molecule has 0 saturated heterocycles. The molecular formula is C33H28ClN3O3S2. The van der Waals surface area contributed by atoms with Gasteiger partial charge in [0.05, 0.1) is 28.5 Å². The van der Waals surface area contributed by atoms with Crippen LogP contribution in [0.3, 0.4) is 0 Å². The Bertz CT molecular complexity index is 2040. The fourth-order valence-corrected chi connectivity index (χ4v) is 7.01. The zero-order chi connectivity index (χ0) is 29.4. The summed E-state index contributed by atoms with van der Waals surface area (Å²) in [5.74, 6) is -0.463. The molecule has 0 amide bonds. The van der Waals surface area contributed by atoms with Crippen LogP contribution < -0.4 is 14.9 Å². The van der Waals surface area contributed by atoms with E-state index in [-0.39, 0.29) is 12.2 Å².